The van der Waals surface area contributed by atoms with Gasteiger partial charge >= 0.3 is 0 Å². The summed E-state index contributed by atoms with van der Waals surface area (Å²) in [6.45, 7) is 7.50. The Balaban J connectivity index is 1.99. The summed E-state index contributed by atoms with van der Waals surface area (Å²) in [6.07, 6.45) is 1.34. The number of rotatable bonds is 1. The molecule has 0 aromatic rings. The maximum absolute atomic E-state index is 13.7. The van der Waals surface area contributed by atoms with Gasteiger partial charge in [0, 0.05) is 5.92 Å². The molecule has 4 aliphatic rings. The molecule has 2 bridgehead atoms. The third-order valence-corrected chi connectivity index (χ3v) is 7.93. The summed E-state index contributed by atoms with van der Waals surface area (Å²) in [6, 6.07) is 0. The zero-order chi connectivity index (χ0) is 18.5. The van der Waals surface area contributed by atoms with Crippen LogP contribution in [0.4, 0.5) is 0 Å². The second kappa shape index (κ2) is 4.83. The van der Waals surface area contributed by atoms with E-state index in [0.29, 0.717) is 11.5 Å². The number of Topliss-reactive ketones (excluding diaryl/α,β-unsaturated/α-hetero) is 1. The molecule has 3 unspecified atom stereocenters. The van der Waals surface area contributed by atoms with E-state index < -0.39 is 35.7 Å². The van der Waals surface area contributed by atoms with E-state index >= 15 is 0 Å². The Kier molecular flexibility index (Phi) is 3.36. The summed E-state index contributed by atoms with van der Waals surface area (Å²) in [5.41, 5.74) is -2.58. The summed E-state index contributed by atoms with van der Waals surface area (Å²) in [5, 5.41) is 43.0. The van der Waals surface area contributed by atoms with Crippen LogP contribution in [0, 0.1) is 34.5 Å². The number of ketones is 1. The smallest absolute Gasteiger partial charge is 0.153 e. The first-order valence-electron chi connectivity index (χ1n) is 9.18. The minimum Gasteiger partial charge on any atom is -0.392 e. The normalized spacial score (nSPS) is 53.2. The van der Waals surface area contributed by atoms with Crippen molar-refractivity contribution >= 4 is 5.78 Å². The number of carbonyl (C=O) groups excluding carboxylic acids is 1. The molecule has 2 fully saturated rings. The van der Waals surface area contributed by atoms with Gasteiger partial charge in [0.1, 0.15) is 17.8 Å². The number of hydrogen-bond acceptors (Lipinski definition) is 5. The van der Waals surface area contributed by atoms with Crippen LogP contribution in [-0.4, -0.2) is 50.6 Å². The summed E-state index contributed by atoms with van der Waals surface area (Å²) < 4.78 is 0. The highest BCUT2D eigenvalue weighted by molar-refractivity contribution is 5.95. The highest BCUT2D eigenvalue weighted by Crippen LogP contribution is 2.71. The van der Waals surface area contributed by atoms with Gasteiger partial charge in [-0.1, -0.05) is 32.9 Å². The second-order valence-corrected chi connectivity index (χ2v) is 9.27. The number of fused-ring (bicyclic) bond motifs is 3. The van der Waals surface area contributed by atoms with Gasteiger partial charge in [0.25, 0.3) is 0 Å². The number of allylic oxidation sites excluding steroid dienone is 1. The fourth-order valence-corrected chi connectivity index (χ4v) is 6.43. The predicted octanol–water partition coefficient (Wildman–Crippen LogP) is 0.815. The molecule has 138 valence electrons. The maximum Gasteiger partial charge on any atom is 0.153 e. The van der Waals surface area contributed by atoms with Gasteiger partial charge in [0.2, 0.25) is 0 Å². The summed E-state index contributed by atoms with van der Waals surface area (Å²) in [4.78, 5) is 13.7. The number of aliphatic hydroxyl groups is 4. The molecular formula is C20H28O5. The first-order valence-corrected chi connectivity index (χ1v) is 9.18. The highest BCUT2D eigenvalue weighted by Gasteiger charge is 2.75. The first kappa shape index (κ1) is 17.4. The molecule has 25 heavy (non-hydrogen) atoms. The lowest BCUT2D eigenvalue weighted by Gasteiger charge is -2.48. The maximum atomic E-state index is 13.7. The van der Waals surface area contributed by atoms with Crippen LogP contribution >= 0.6 is 0 Å². The van der Waals surface area contributed by atoms with E-state index in [1.165, 1.54) is 0 Å². The van der Waals surface area contributed by atoms with Gasteiger partial charge in [-0.25, -0.2) is 0 Å². The number of hydrogen-bond donors (Lipinski definition) is 4. The van der Waals surface area contributed by atoms with Gasteiger partial charge in [-0.3, -0.25) is 4.79 Å². The van der Waals surface area contributed by atoms with E-state index in [0.717, 1.165) is 6.42 Å². The molecular weight excluding hydrogens is 320 g/mol. The highest BCUT2D eigenvalue weighted by atomic mass is 16.4. The van der Waals surface area contributed by atoms with Crippen molar-refractivity contribution in [1.29, 1.82) is 0 Å². The average molecular weight is 348 g/mol. The van der Waals surface area contributed by atoms with E-state index in [9.17, 15) is 25.2 Å². The Morgan fingerprint density at radius 3 is 2.48 bits per heavy atom. The van der Waals surface area contributed by atoms with E-state index in [-0.39, 0.29) is 28.6 Å². The van der Waals surface area contributed by atoms with Gasteiger partial charge in [-0.15, -0.1) is 0 Å². The van der Waals surface area contributed by atoms with Crippen LogP contribution in [-0.2, 0) is 4.79 Å². The lowest BCUT2D eigenvalue weighted by atomic mass is 9.59. The molecule has 2 saturated carbocycles. The SMILES string of the molecule is CC1=C[C@]23C(=O)C(C=C(CO)C(O)[C@]2(O)[C@H]1O)[C@H]1C(C[C@H]3C)C1(C)C. The third kappa shape index (κ3) is 1.71. The zero-order valence-electron chi connectivity index (χ0n) is 15.2. The molecule has 4 rings (SSSR count). The van der Waals surface area contributed by atoms with Crippen LogP contribution in [0.3, 0.4) is 0 Å². The van der Waals surface area contributed by atoms with E-state index in [4.69, 9.17) is 0 Å². The fourth-order valence-electron chi connectivity index (χ4n) is 6.43. The van der Waals surface area contributed by atoms with Crippen molar-refractivity contribution in [2.75, 3.05) is 6.61 Å². The predicted molar refractivity (Wildman–Crippen MR) is 91.4 cm³/mol. The Bertz CT molecular complexity index is 707. The van der Waals surface area contributed by atoms with E-state index in [1.54, 1.807) is 19.1 Å². The topological polar surface area (TPSA) is 98.0 Å². The quantitative estimate of drug-likeness (QED) is 0.526. The molecule has 0 aromatic carbocycles. The van der Waals surface area contributed by atoms with Crippen molar-refractivity contribution < 1.29 is 25.2 Å². The van der Waals surface area contributed by atoms with Crippen LogP contribution in [0.1, 0.15) is 34.1 Å². The van der Waals surface area contributed by atoms with Crippen LogP contribution in [0.25, 0.3) is 0 Å². The standard InChI is InChI=1S/C20H28O5/c1-9-7-19-10(2)5-13-14(18(13,3)4)12(17(19)24)6-11(8-21)16(23)20(19,25)15(9)22/h6-7,10,12-16,21-23,25H,5,8H2,1-4H3/t10-,12?,13?,14+,15+,16?,19+,20-/m1/s1. The molecule has 1 spiro atoms. The molecule has 8 atom stereocenters. The fraction of sp³-hybridized carbons (Fsp3) is 0.750. The van der Waals surface area contributed by atoms with Crippen molar-refractivity contribution in [3.05, 3.63) is 23.3 Å². The molecule has 0 saturated heterocycles. The van der Waals surface area contributed by atoms with Crippen molar-refractivity contribution in [2.24, 2.45) is 34.5 Å². The molecule has 4 aliphatic carbocycles. The van der Waals surface area contributed by atoms with Gasteiger partial charge < -0.3 is 20.4 Å². The van der Waals surface area contributed by atoms with Gasteiger partial charge in [0.05, 0.1) is 12.0 Å². The summed E-state index contributed by atoms with van der Waals surface area (Å²) in [5.74, 6) is -0.288. The van der Waals surface area contributed by atoms with Crippen LogP contribution in [0.5, 0.6) is 0 Å². The molecule has 4 N–H and O–H groups in total. The van der Waals surface area contributed by atoms with E-state index in [2.05, 4.69) is 13.8 Å². The molecule has 0 radical (unpaired) electrons. The molecule has 0 aromatic heterocycles. The average Bonchev–Trinajstić information content (AvgIpc) is 3.05. The van der Waals surface area contributed by atoms with Crippen molar-refractivity contribution in [1.82, 2.24) is 0 Å². The monoisotopic (exact) mass is 348 g/mol. The molecule has 5 nitrogen and oxygen atoms in total. The minimum absolute atomic E-state index is 0.0245. The second-order valence-electron chi connectivity index (χ2n) is 9.27. The minimum atomic E-state index is -2.03. The Morgan fingerprint density at radius 1 is 1.24 bits per heavy atom. The molecule has 0 heterocycles. The summed E-state index contributed by atoms with van der Waals surface area (Å²) >= 11 is 0. The lowest BCUT2D eigenvalue weighted by molar-refractivity contribution is -0.190. The van der Waals surface area contributed by atoms with Crippen LogP contribution < -0.4 is 0 Å². The number of aliphatic hydroxyl groups excluding tert-OH is 3. The van der Waals surface area contributed by atoms with Gasteiger partial charge in [-0.05, 0) is 47.7 Å². The third-order valence-electron chi connectivity index (χ3n) is 7.93. The Hall–Kier alpha value is -1.01. The van der Waals surface area contributed by atoms with Crippen molar-refractivity contribution in [3.8, 4) is 0 Å². The summed E-state index contributed by atoms with van der Waals surface area (Å²) in [7, 11) is 0. The lowest BCUT2D eigenvalue weighted by Crippen LogP contribution is -2.65. The Morgan fingerprint density at radius 2 is 1.88 bits per heavy atom. The van der Waals surface area contributed by atoms with Gasteiger partial charge in [0.15, 0.2) is 5.78 Å². The van der Waals surface area contributed by atoms with E-state index in [1.807, 2.05) is 6.92 Å². The largest absolute Gasteiger partial charge is 0.392 e. The molecule has 5 heteroatoms. The zero-order valence-corrected chi connectivity index (χ0v) is 15.2. The molecule has 0 aliphatic heterocycles. The van der Waals surface area contributed by atoms with Crippen LogP contribution in [0.15, 0.2) is 23.3 Å². The molecule has 0 amide bonds. The van der Waals surface area contributed by atoms with Crippen molar-refractivity contribution in [2.45, 2.75) is 51.9 Å². The van der Waals surface area contributed by atoms with Gasteiger partial charge in [-0.2, -0.15) is 0 Å². The first-order chi connectivity index (χ1) is 11.5. The van der Waals surface area contributed by atoms with Crippen LogP contribution in [0.2, 0.25) is 0 Å². The van der Waals surface area contributed by atoms with Crippen molar-refractivity contribution in [3.63, 3.8) is 0 Å². The number of carbonyl (C=O) groups is 1. The Labute approximate surface area is 148 Å².